The van der Waals surface area contributed by atoms with Gasteiger partial charge in [0.15, 0.2) is 16.5 Å². The Balaban J connectivity index is 1.62. The highest BCUT2D eigenvalue weighted by Gasteiger charge is 2.26. The highest BCUT2D eigenvalue weighted by molar-refractivity contribution is 7.21. The van der Waals surface area contributed by atoms with Gasteiger partial charge in [-0.1, -0.05) is 12.1 Å². The quantitative estimate of drug-likeness (QED) is 0.786. The van der Waals surface area contributed by atoms with E-state index < -0.39 is 0 Å². The normalized spacial score (nSPS) is 18.5. The highest BCUT2D eigenvalue weighted by atomic mass is 32.1. The summed E-state index contributed by atoms with van der Waals surface area (Å²) in [5.41, 5.74) is 0.951. The van der Waals surface area contributed by atoms with Crippen LogP contribution in [0.1, 0.15) is 17.5 Å². The average Bonchev–Trinajstić information content (AvgIpc) is 3.21. The zero-order chi connectivity index (χ0) is 15.8. The Kier molecular flexibility index (Phi) is 3.63. The molecule has 0 spiro atoms. The Morgan fingerprint density at radius 3 is 3.04 bits per heavy atom. The summed E-state index contributed by atoms with van der Waals surface area (Å²) in [5.74, 6) is 0.983. The lowest BCUT2D eigenvalue weighted by atomic mass is 10.2. The molecule has 5 nitrogen and oxygen atoms in total. The molecule has 1 aliphatic rings. The molecule has 0 aliphatic carbocycles. The van der Waals surface area contributed by atoms with Crippen LogP contribution in [0.15, 0.2) is 40.8 Å². The molecule has 0 saturated carbocycles. The fourth-order valence-electron chi connectivity index (χ4n) is 2.83. The molecule has 3 aromatic rings. The second kappa shape index (κ2) is 5.79. The molecule has 3 heterocycles. The van der Waals surface area contributed by atoms with Crippen LogP contribution in [0.4, 0.5) is 0 Å². The summed E-state index contributed by atoms with van der Waals surface area (Å²) >= 11 is 1.57. The van der Waals surface area contributed by atoms with Crippen molar-refractivity contribution in [3.8, 4) is 10.8 Å². The Hall–Kier alpha value is -2.18. The second-order valence-corrected chi connectivity index (χ2v) is 6.73. The third kappa shape index (κ3) is 2.64. The first-order valence-corrected chi connectivity index (χ1v) is 8.51. The van der Waals surface area contributed by atoms with E-state index in [1.807, 2.05) is 42.2 Å². The van der Waals surface area contributed by atoms with E-state index in [0.717, 1.165) is 28.3 Å². The molecular formula is C17H17N3O2S. The van der Waals surface area contributed by atoms with Crippen molar-refractivity contribution in [2.45, 2.75) is 13.0 Å². The summed E-state index contributed by atoms with van der Waals surface area (Å²) in [5, 5.41) is 4.09. The molecule has 118 valence electrons. The molecule has 2 aromatic heterocycles. The number of nitrogens with one attached hydrogen (secondary N) is 1. The van der Waals surface area contributed by atoms with E-state index >= 15 is 0 Å². The summed E-state index contributed by atoms with van der Waals surface area (Å²) in [6.45, 7) is 4.39. The second-order valence-electron chi connectivity index (χ2n) is 5.70. The maximum Gasteiger partial charge on any atom is 0.289 e. The van der Waals surface area contributed by atoms with Crippen LogP contribution in [0.2, 0.25) is 0 Å². The van der Waals surface area contributed by atoms with Crippen molar-refractivity contribution in [3.63, 3.8) is 0 Å². The molecule has 1 atom stereocenters. The molecule has 1 aliphatic heterocycles. The van der Waals surface area contributed by atoms with Crippen LogP contribution in [0.25, 0.3) is 21.0 Å². The number of carbonyl (C=O) groups is 1. The topological polar surface area (TPSA) is 58.4 Å². The van der Waals surface area contributed by atoms with Gasteiger partial charge in [-0.15, -0.1) is 11.3 Å². The summed E-state index contributed by atoms with van der Waals surface area (Å²) in [4.78, 5) is 19.0. The van der Waals surface area contributed by atoms with Crippen LogP contribution in [-0.2, 0) is 0 Å². The van der Waals surface area contributed by atoms with E-state index in [9.17, 15) is 4.79 Å². The van der Waals surface area contributed by atoms with Crippen LogP contribution in [0.3, 0.4) is 0 Å². The number of piperazine rings is 1. The smallest absolute Gasteiger partial charge is 0.289 e. The van der Waals surface area contributed by atoms with Crippen LogP contribution < -0.4 is 5.32 Å². The van der Waals surface area contributed by atoms with Gasteiger partial charge in [-0.2, -0.15) is 0 Å². The van der Waals surface area contributed by atoms with Crippen molar-refractivity contribution in [2.24, 2.45) is 0 Å². The largest absolute Gasteiger partial charge is 0.448 e. The lowest BCUT2D eigenvalue weighted by Gasteiger charge is -2.33. The fourth-order valence-corrected chi connectivity index (χ4v) is 3.76. The predicted molar refractivity (Wildman–Crippen MR) is 90.7 cm³/mol. The molecule has 23 heavy (non-hydrogen) atoms. The first kappa shape index (κ1) is 14.4. The summed E-state index contributed by atoms with van der Waals surface area (Å²) in [6, 6.07) is 11.7. The van der Waals surface area contributed by atoms with Crippen LogP contribution in [-0.4, -0.2) is 41.5 Å². The number of amides is 1. The number of carbonyl (C=O) groups excluding carboxylic acids is 1. The standard InChI is InChI=1S/C17H17N3O2S/c1-11-10-18-8-9-20(11)17(21)14-7-6-13(22-14)16-19-12-4-2-3-5-15(12)23-16/h2-7,11,18H,8-10H2,1H3/t11-/m1/s1. The van der Waals surface area contributed by atoms with E-state index in [1.165, 1.54) is 0 Å². The molecule has 4 rings (SSSR count). The zero-order valence-electron chi connectivity index (χ0n) is 12.8. The first-order chi connectivity index (χ1) is 11.2. The zero-order valence-corrected chi connectivity index (χ0v) is 13.6. The molecule has 1 fully saturated rings. The summed E-state index contributed by atoms with van der Waals surface area (Å²) in [7, 11) is 0. The third-order valence-corrected chi connectivity index (χ3v) is 5.13. The minimum absolute atomic E-state index is 0.0497. The minimum Gasteiger partial charge on any atom is -0.448 e. The third-order valence-electron chi connectivity index (χ3n) is 4.08. The Labute approximate surface area is 137 Å². The van der Waals surface area contributed by atoms with Gasteiger partial charge in [0, 0.05) is 25.7 Å². The molecule has 0 radical (unpaired) electrons. The van der Waals surface area contributed by atoms with Crippen molar-refractivity contribution >= 4 is 27.5 Å². The molecule has 1 amide bonds. The van der Waals surface area contributed by atoms with Gasteiger partial charge in [0.05, 0.1) is 10.2 Å². The number of hydrogen-bond acceptors (Lipinski definition) is 5. The van der Waals surface area contributed by atoms with Gasteiger partial charge in [0.2, 0.25) is 0 Å². The molecule has 6 heteroatoms. The SMILES string of the molecule is C[C@@H]1CNCCN1C(=O)c1ccc(-c2nc3ccccc3s2)o1. The fraction of sp³-hybridized carbons (Fsp3) is 0.294. The van der Waals surface area contributed by atoms with Crippen LogP contribution >= 0.6 is 11.3 Å². The Morgan fingerprint density at radius 2 is 2.22 bits per heavy atom. The molecule has 1 saturated heterocycles. The van der Waals surface area contributed by atoms with Crippen molar-refractivity contribution in [1.82, 2.24) is 15.2 Å². The maximum absolute atomic E-state index is 12.6. The van der Waals surface area contributed by atoms with Gasteiger partial charge < -0.3 is 14.6 Å². The average molecular weight is 327 g/mol. The molecule has 1 N–H and O–H groups in total. The number of fused-ring (bicyclic) bond motifs is 1. The monoisotopic (exact) mass is 327 g/mol. The number of benzene rings is 1. The maximum atomic E-state index is 12.6. The minimum atomic E-state index is -0.0497. The molecular weight excluding hydrogens is 310 g/mol. The van der Waals surface area contributed by atoms with Crippen molar-refractivity contribution < 1.29 is 9.21 Å². The van der Waals surface area contributed by atoms with E-state index in [0.29, 0.717) is 18.1 Å². The van der Waals surface area contributed by atoms with Crippen molar-refractivity contribution in [3.05, 3.63) is 42.2 Å². The Bertz CT molecular complexity index is 821. The number of nitrogens with zero attached hydrogens (tertiary/aromatic N) is 2. The number of hydrogen-bond donors (Lipinski definition) is 1. The van der Waals surface area contributed by atoms with Crippen LogP contribution in [0, 0.1) is 0 Å². The van der Waals surface area contributed by atoms with Gasteiger partial charge in [0.1, 0.15) is 0 Å². The van der Waals surface area contributed by atoms with Gasteiger partial charge in [-0.05, 0) is 31.2 Å². The molecule has 0 unspecified atom stereocenters. The van der Waals surface area contributed by atoms with E-state index in [1.54, 1.807) is 17.4 Å². The van der Waals surface area contributed by atoms with E-state index in [-0.39, 0.29) is 11.9 Å². The van der Waals surface area contributed by atoms with Gasteiger partial charge >= 0.3 is 0 Å². The number of thiazole rings is 1. The van der Waals surface area contributed by atoms with Crippen molar-refractivity contribution in [2.75, 3.05) is 19.6 Å². The van der Waals surface area contributed by atoms with Gasteiger partial charge in [0.25, 0.3) is 5.91 Å². The van der Waals surface area contributed by atoms with E-state index in [4.69, 9.17) is 4.42 Å². The Morgan fingerprint density at radius 1 is 1.35 bits per heavy atom. The van der Waals surface area contributed by atoms with Crippen LogP contribution in [0.5, 0.6) is 0 Å². The van der Waals surface area contributed by atoms with E-state index in [2.05, 4.69) is 10.3 Å². The number of rotatable bonds is 2. The number of furan rings is 1. The lowest BCUT2D eigenvalue weighted by molar-refractivity contribution is 0.0624. The first-order valence-electron chi connectivity index (χ1n) is 7.70. The van der Waals surface area contributed by atoms with Crippen molar-refractivity contribution in [1.29, 1.82) is 0 Å². The van der Waals surface area contributed by atoms with Gasteiger partial charge in [-0.25, -0.2) is 4.98 Å². The number of aromatic nitrogens is 1. The lowest BCUT2D eigenvalue weighted by Crippen LogP contribution is -2.52. The highest BCUT2D eigenvalue weighted by Crippen LogP contribution is 2.31. The summed E-state index contributed by atoms with van der Waals surface area (Å²) < 4.78 is 6.91. The predicted octanol–water partition coefficient (Wildman–Crippen LogP) is 2.99. The number of para-hydroxylation sites is 1. The van der Waals surface area contributed by atoms with Gasteiger partial charge in [-0.3, -0.25) is 4.79 Å². The molecule has 1 aromatic carbocycles. The summed E-state index contributed by atoms with van der Waals surface area (Å²) in [6.07, 6.45) is 0. The molecule has 0 bridgehead atoms.